The van der Waals surface area contributed by atoms with Crippen LogP contribution >= 0.6 is 0 Å². The van der Waals surface area contributed by atoms with Gasteiger partial charge < -0.3 is 56.5 Å². The molecule has 0 saturated carbocycles. The van der Waals surface area contributed by atoms with E-state index in [0.29, 0.717) is 0 Å². The highest BCUT2D eigenvalue weighted by Crippen LogP contribution is 2.35. The molecule has 0 radical (unpaired) electrons. The van der Waals surface area contributed by atoms with Gasteiger partial charge in [-0.15, -0.1) is 0 Å². The second kappa shape index (κ2) is 12.1. The van der Waals surface area contributed by atoms with E-state index in [9.17, 15) is 44.4 Å². The van der Waals surface area contributed by atoms with Crippen LogP contribution in [0.5, 0.6) is 0 Å². The summed E-state index contributed by atoms with van der Waals surface area (Å²) >= 11 is 0. The van der Waals surface area contributed by atoms with Gasteiger partial charge in [0, 0.05) is 6.42 Å². The van der Waals surface area contributed by atoms with Crippen LogP contribution in [0.15, 0.2) is 0 Å². The van der Waals surface area contributed by atoms with Crippen molar-refractivity contribution in [2.45, 2.75) is 81.2 Å². The number of carbonyl (C=O) groups excluding carboxylic acids is 4. The Labute approximate surface area is 210 Å². The fourth-order valence-electron chi connectivity index (χ4n) is 3.94. The molecule has 0 spiro atoms. The van der Waals surface area contributed by atoms with Gasteiger partial charge in [-0.25, -0.2) is 0 Å². The van der Waals surface area contributed by atoms with Crippen LogP contribution in [0, 0.1) is 0 Å². The maximum atomic E-state index is 12.8. The molecule has 10 N–H and O–H groups in total. The van der Waals surface area contributed by atoms with Gasteiger partial charge in [0.2, 0.25) is 5.91 Å². The van der Waals surface area contributed by atoms with Crippen molar-refractivity contribution in [1.82, 2.24) is 15.5 Å². The van der Waals surface area contributed by atoms with Gasteiger partial charge in [-0.2, -0.15) is 0 Å². The van der Waals surface area contributed by atoms with Gasteiger partial charge in [0.25, 0.3) is 17.7 Å². The van der Waals surface area contributed by atoms with E-state index in [2.05, 4.69) is 10.6 Å². The van der Waals surface area contributed by atoms with Crippen molar-refractivity contribution in [2.75, 3.05) is 13.2 Å². The van der Waals surface area contributed by atoms with Crippen molar-refractivity contribution < 1.29 is 64.1 Å². The lowest BCUT2D eigenvalue weighted by Crippen LogP contribution is -2.66. The van der Waals surface area contributed by atoms with E-state index >= 15 is 0 Å². The Morgan fingerprint density at radius 2 is 1.84 bits per heavy atom. The highest BCUT2D eigenvalue weighted by Gasteiger charge is 2.64. The number of ether oxygens (including phenoxy) is 2. The van der Waals surface area contributed by atoms with Crippen molar-refractivity contribution in [2.24, 2.45) is 5.73 Å². The predicted octanol–water partition coefficient (Wildman–Crippen LogP) is -5.94. The Bertz CT molecular complexity index is 903. The molecular formula is C20H32N4O13. The number of nitrogens with zero attached hydrogens (tertiary/aromatic N) is 1. The van der Waals surface area contributed by atoms with Crippen LogP contribution in [0.25, 0.3) is 0 Å². The zero-order valence-corrected chi connectivity index (χ0v) is 20.0. The maximum absolute atomic E-state index is 12.8. The van der Waals surface area contributed by atoms with Crippen molar-refractivity contribution in [3.63, 3.8) is 0 Å². The minimum absolute atomic E-state index is 0.288. The Kier molecular flexibility index (Phi) is 9.89. The van der Waals surface area contributed by atoms with E-state index in [4.69, 9.17) is 25.4 Å². The molecule has 2 rings (SSSR count). The molecule has 2 fully saturated rings. The fourth-order valence-corrected chi connectivity index (χ4v) is 3.94. The summed E-state index contributed by atoms with van der Waals surface area (Å²) in [6.07, 6.45) is -10.6. The maximum Gasteiger partial charge on any atom is 0.303 e. The minimum atomic E-state index is -1.88. The molecule has 0 bridgehead atoms. The SMILES string of the molecule is C[C@@H](OC1C(O)C(CO)OC(O)C1NC(=O)[C@H](O)CO)C(=O)N[C@@]1(C)C(=O)N1[C@H](CCC(=O)O)C(N)=O. The molecule has 17 nitrogen and oxygen atoms in total. The topological polar surface area (TPSA) is 278 Å². The number of hydrogen-bond donors (Lipinski definition) is 9. The van der Waals surface area contributed by atoms with E-state index in [0.717, 1.165) is 4.90 Å². The average molecular weight is 536 g/mol. The number of rotatable bonds is 13. The number of nitrogens with one attached hydrogen (secondary N) is 2. The summed E-state index contributed by atoms with van der Waals surface area (Å²) in [5.74, 6) is -5.00. The van der Waals surface area contributed by atoms with Gasteiger partial charge in [0.15, 0.2) is 18.1 Å². The number of aliphatic hydroxyl groups excluding tert-OH is 5. The Morgan fingerprint density at radius 1 is 1.22 bits per heavy atom. The van der Waals surface area contributed by atoms with Crippen LogP contribution in [-0.4, -0.2) is 133 Å². The molecule has 2 heterocycles. The van der Waals surface area contributed by atoms with E-state index < -0.39 is 104 Å². The first-order valence-electron chi connectivity index (χ1n) is 11.2. The molecule has 0 aliphatic carbocycles. The van der Waals surface area contributed by atoms with Crippen LogP contribution in [-0.2, 0) is 33.4 Å². The molecule has 0 aromatic carbocycles. The largest absolute Gasteiger partial charge is 0.481 e. The molecule has 9 atom stereocenters. The molecule has 2 saturated heterocycles. The van der Waals surface area contributed by atoms with Crippen molar-refractivity contribution in [1.29, 1.82) is 0 Å². The second-order valence-corrected chi connectivity index (χ2v) is 8.80. The lowest BCUT2D eigenvalue weighted by molar-refractivity contribution is -0.266. The smallest absolute Gasteiger partial charge is 0.303 e. The zero-order valence-electron chi connectivity index (χ0n) is 20.0. The molecule has 17 heteroatoms. The first-order valence-corrected chi connectivity index (χ1v) is 11.2. The molecule has 2 aliphatic heterocycles. The first kappa shape index (κ1) is 30.3. The quantitative estimate of drug-likeness (QED) is 0.0993. The number of aliphatic hydroxyl groups is 5. The van der Waals surface area contributed by atoms with Gasteiger partial charge >= 0.3 is 5.97 Å². The van der Waals surface area contributed by atoms with Crippen LogP contribution in [0.3, 0.4) is 0 Å². The van der Waals surface area contributed by atoms with Crippen LogP contribution in [0.2, 0.25) is 0 Å². The third kappa shape index (κ3) is 6.69. The average Bonchev–Trinajstić information content (AvgIpc) is 3.35. The fraction of sp³-hybridized carbons (Fsp3) is 0.750. The molecule has 37 heavy (non-hydrogen) atoms. The summed E-state index contributed by atoms with van der Waals surface area (Å²) in [5, 5.41) is 62.0. The summed E-state index contributed by atoms with van der Waals surface area (Å²) in [7, 11) is 0. The summed E-state index contributed by atoms with van der Waals surface area (Å²) in [6, 6.07) is -2.87. The molecule has 0 aromatic heterocycles. The van der Waals surface area contributed by atoms with E-state index in [1.165, 1.54) is 13.8 Å². The van der Waals surface area contributed by atoms with Crippen LogP contribution < -0.4 is 16.4 Å². The number of carboxylic acids is 1. The van der Waals surface area contributed by atoms with E-state index in [1.54, 1.807) is 0 Å². The second-order valence-electron chi connectivity index (χ2n) is 8.80. The van der Waals surface area contributed by atoms with Crippen molar-refractivity contribution in [3.8, 4) is 0 Å². The summed E-state index contributed by atoms with van der Waals surface area (Å²) < 4.78 is 10.6. The highest BCUT2D eigenvalue weighted by atomic mass is 16.6. The number of primary amides is 1. The number of hydrogen-bond acceptors (Lipinski definition) is 12. The van der Waals surface area contributed by atoms with Gasteiger partial charge in [-0.3, -0.25) is 28.9 Å². The predicted molar refractivity (Wildman–Crippen MR) is 117 cm³/mol. The number of carboxylic acid groups (broad SMARTS) is 1. The molecular weight excluding hydrogens is 504 g/mol. The third-order valence-corrected chi connectivity index (χ3v) is 6.09. The minimum Gasteiger partial charge on any atom is -0.481 e. The highest BCUT2D eigenvalue weighted by molar-refractivity contribution is 6.07. The molecule has 4 amide bonds. The molecule has 210 valence electrons. The monoisotopic (exact) mass is 536 g/mol. The zero-order chi connectivity index (χ0) is 28.2. The van der Waals surface area contributed by atoms with E-state index in [1.807, 2.05) is 0 Å². The van der Waals surface area contributed by atoms with E-state index in [-0.39, 0.29) is 6.42 Å². The standard InChI is InChI=1S/C20H32N4O13/c1-7(16(32)23-20(2)19(35)24(20)8(15(21)31)3-4-11(28)29)36-14-12(22-17(33)9(27)5-25)18(34)37-10(6-26)13(14)30/h7-10,12-14,18,25-27,30,34H,3-6H2,1-2H3,(H2,21,31)(H,22,33)(H,23,32)(H,28,29)/t7-,8-,9-,10?,12?,13?,14?,18?,20-,24?/m1/s1. The summed E-state index contributed by atoms with van der Waals surface area (Å²) in [4.78, 5) is 60.8. The number of aliphatic carboxylic acids is 1. The Hall–Kier alpha value is -2.93. The lowest BCUT2D eigenvalue weighted by Gasteiger charge is -2.43. The number of nitrogens with two attached hydrogens (primary N) is 1. The van der Waals surface area contributed by atoms with Gasteiger partial charge in [-0.1, -0.05) is 0 Å². The normalized spacial score (nSPS) is 31.7. The summed E-state index contributed by atoms with van der Waals surface area (Å²) in [6.45, 7) is 0.731. The van der Waals surface area contributed by atoms with Crippen LogP contribution in [0.1, 0.15) is 26.7 Å². The number of carbonyl (C=O) groups is 5. The van der Waals surface area contributed by atoms with Gasteiger partial charge in [0.1, 0.15) is 36.5 Å². The molecule has 2 aliphatic rings. The third-order valence-electron chi connectivity index (χ3n) is 6.09. The van der Waals surface area contributed by atoms with Crippen molar-refractivity contribution >= 4 is 29.6 Å². The Balaban J connectivity index is 2.15. The molecule has 0 aromatic rings. The van der Waals surface area contributed by atoms with Crippen molar-refractivity contribution in [3.05, 3.63) is 0 Å². The van der Waals surface area contributed by atoms with Gasteiger partial charge in [-0.05, 0) is 20.3 Å². The van der Waals surface area contributed by atoms with Gasteiger partial charge in [0.05, 0.1) is 13.2 Å². The summed E-state index contributed by atoms with van der Waals surface area (Å²) in [5.41, 5.74) is 3.57. The number of amides is 4. The van der Waals surface area contributed by atoms with Crippen LogP contribution in [0.4, 0.5) is 0 Å². The first-order chi connectivity index (χ1) is 17.2. The Morgan fingerprint density at radius 3 is 2.35 bits per heavy atom. The molecule has 5 unspecified atom stereocenters. The lowest BCUT2D eigenvalue weighted by atomic mass is 9.96.